The van der Waals surface area contributed by atoms with Crippen molar-refractivity contribution in [1.29, 1.82) is 0 Å². The van der Waals surface area contributed by atoms with Crippen LogP contribution in [0.3, 0.4) is 0 Å². The summed E-state index contributed by atoms with van der Waals surface area (Å²) < 4.78 is 0. The Bertz CT molecular complexity index is 511. The zero-order chi connectivity index (χ0) is 14.7. The summed E-state index contributed by atoms with van der Waals surface area (Å²) in [6.45, 7) is 3.75. The van der Waals surface area contributed by atoms with Crippen LogP contribution in [-0.2, 0) is 4.79 Å². The van der Waals surface area contributed by atoms with Crippen molar-refractivity contribution in [3.05, 3.63) is 34.9 Å². The lowest BCUT2D eigenvalue weighted by Crippen LogP contribution is -2.53. The van der Waals surface area contributed by atoms with Crippen LogP contribution in [0.1, 0.15) is 17.3 Å². The Morgan fingerprint density at radius 3 is 2.35 bits per heavy atom. The van der Waals surface area contributed by atoms with Gasteiger partial charge in [-0.3, -0.25) is 9.59 Å². The van der Waals surface area contributed by atoms with Gasteiger partial charge in [0.05, 0.1) is 6.04 Å². The van der Waals surface area contributed by atoms with E-state index in [1.54, 1.807) is 41.0 Å². The van der Waals surface area contributed by atoms with Crippen molar-refractivity contribution in [2.45, 2.75) is 13.0 Å². The second-order valence-corrected chi connectivity index (χ2v) is 5.35. The van der Waals surface area contributed by atoms with E-state index in [1.807, 2.05) is 0 Å². The number of benzene rings is 1. The Hall–Kier alpha value is -1.59. The van der Waals surface area contributed by atoms with Gasteiger partial charge in [-0.1, -0.05) is 17.7 Å². The fourth-order valence-corrected chi connectivity index (χ4v) is 2.41. The van der Waals surface area contributed by atoms with Crippen molar-refractivity contribution in [2.24, 2.45) is 5.73 Å². The number of halogens is 1. The Balaban J connectivity index is 1.97. The Labute approximate surface area is 123 Å². The van der Waals surface area contributed by atoms with Crippen molar-refractivity contribution in [2.75, 3.05) is 26.2 Å². The number of nitrogens with two attached hydrogens (primary N) is 1. The molecule has 1 aromatic rings. The standard InChI is InChI=1S/C14H18ClN3O2/c1-10(16)13(19)17-5-7-18(8-6-17)14(20)11-3-2-4-12(15)9-11/h2-4,9-10H,5-8,16H2,1H3/t10-/m0/s1. The monoisotopic (exact) mass is 295 g/mol. The van der Waals surface area contributed by atoms with Crippen LogP contribution in [0.2, 0.25) is 5.02 Å². The first-order valence-corrected chi connectivity index (χ1v) is 6.96. The molecule has 1 fully saturated rings. The maximum absolute atomic E-state index is 12.3. The predicted octanol–water partition coefficient (Wildman–Crippen LogP) is 0.972. The first-order valence-electron chi connectivity index (χ1n) is 6.58. The van der Waals surface area contributed by atoms with Gasteiger partial charge >= 0.3 is 0 Å². The summed E-state index contributed by atoms with van der Waals surface area (Å²) in [5.41, 5.74) is 6.16. The second-order valence-electron chi connectivity index (χ2n) is 4.92. The van der Waals surface area contributed by atoms with Gasteiger partial charge in [-0.25, -0.2) is 0 Å². The highest BCUT2D eigenvalue weighted by Gasteiger charge is 2.26. The SMILES string of the molecule is C[C@H](N)C(=O)N1CCN(C(=O)c2cccc(Cl)c2)CC1. The fraction of sp³-hybridized carbons (Fsp3) is 0.429. The largest absolute Gasteiger partial charge is 0.338 e. The molecule has 0 bridgehead atoms. The van der Waals surface area contributed by atoms with Crippen LogP contribution in [0.5, 0.6) is 0 Å². The van der Waals surface area contributed by atoms with Gasteiger partial charge in [0.25, 0.3) is 5.91 Å². The van der Waals surface area contributed by atoms with Crippen molar-refractivity contribution in [3.8, 4) is 0 Å². The molecule has 20 heavy (non-hydrogen) atoms. The van der Waals surface area contributed by atoms with Gasteiger partial charge in [-0.05, 0) is 25.1 Å². The quantitative estimate of drug-likeness (QED) is 0.884. The molecule has 0 spiro atoms. The second kappa shape index (κ2) is 6.24. The minimum atomic E-state index is -0.495. The van der Waals surface area contributed by atoms with Gasteiger partial charge < -0.3 is 15.5 Å². The number of nitrogens with zero attached hydrogens (tertiary/aromatic N) is 2. The van der Waals surface area contributed by atoms with Crippen LogP contribution in [-0.4, -0.2) is 53.8 Å². The molecule has 1 aromatic carbocycles. The maximum atomic E-state index is 12.3. The molecule has 2 rings (SSSR count). The van der Waals surface area contributed by atoms with E-state index in [2.05, 4.69) is 0 Å². The third-order valence-electron chi connectivity index (χ3n) is 3.34. The highest BCUT2D eigenvalue weighted by molar-refractivity contribution is 6.30. The van der Waals surface area contributed by atoms with Crippen LogP contribution < -0.4 is 5.73 Å². The van der Waals surface area contributed by atoms with Crippen molar-refractivity contribution in [3.63, 3.8) is 0 Å². The zero-order valence-electron chi connectivity index (χ0n) is 11.4. The van der Waals surface area contributed by atoms with Crippen LogP contribution in [0, 0.1) is 0 Å². The first kappa shape index (κ1) is 14.8. The van der Waals surface area contributed by atoms with E-state index in [-0.39, 0.29) is 11.8 Å². The van der Waals surface area contributed by atoms with E-state index in [9.17, 15) is 9.59 Å². The van der Waals surface area contributed by atoms with Crippen LogP contribution >= 0.6 is 11.6 Å². The van der Waals surface area contributed by atoms with E-state index in [4.69, 9.17) is 17.3 Å². The molecule has 1 aliphatic rings. The Morgan fingerprint density at radius 2 is 1.80 bits per heavy atom. The number of carbonyl (C=O) groups is 2. The minimum Gasteiger partial charge on any atom is -0.338 e. The average molecular weight is 296 g/mol. The highest BCUT2D eigenvalue weighted by Crippen LogP contribution is 2.14. The van der Waals surface area contributed by atoms with Gasteiger partial charge in [-0.15, -0.1) is 0 Å². The first-order chi connectivity index (χ1) is 9.49. The van der Waals surface area contributed by atoms with Crippen LogP contribution in [0.15, 0.2) is 24.3 Å². The highest BCUT2D eigenvalue weighted by atomic mass is 35.5. The topological polar surface area (TPSA) is 66.6 Å². The maximum Gasteiger partial charge on any atom is 0.254 e. The van der Waals surface area contributed by atoms with Gasteiger partial charge in [0.15, 0.2) is 0 Å². The van der Waals surface area contributed by atoms with Crippen LogP contribution in [0.25, 0.3) is 0 Å². The molecular weight excluding hydrogens is 278 g/mol. The van der Waals surface area contributed by atoms with E-state index in [0.29, 0.717) is 36.8 Å². The van der Waals surface area contributed by atoms with E-state index < -0.39 is 6.04 Å². The summed E-state index contributed by atoms with van der Waals surface area (Å²) in [5, 5.41) is 0.543. The summed E-state index contributed by atoms with van der Waals surface area (Å²) in [6.07, 6.45) is 0. The van der Waals surface area contributed by atoms with E-state index >= 15 is 0 Å². The molecule has 6 heteroatoms. The lowest BCUT2D eigenvalue weighted by atomic mass is 10.1. The molecule has 0 radical (unpaired) electrons. The molecule has 0 aliphatic carbocycles. The Morgan fingerprint density at radius 1 is 1.20 bits per heavy atom. The molecule has 0 saturated carbocycles. The lowest BCUT2D eigenvalue weighted by molar-refractivity contribution is -0.133. The molecular formula is C14H18ClN3O2. The molecule has 2 amide bonds. The van der Waals surface area contributed by atoms with Gasteiger partial charge in [0, 0.05) is 36.8 Å². The summed E-state index contributed by atoms with van der Waals surface area (Å²) in [4.78, 5) is 27.5. The van der Waals surface area contributed by atoms with Crippen molar-refractivity contribution in [1.82, 2.24) is 9.80 Å². The smallest absolute Gasteiger partial charge is 0.254 e. The summed E-state index contributed by atoms with van der Waals surface area (Å²) in [6, 6.07) is 6.39. The summed E-state index contributed by atoms with van der Waals surface area (Å²) in [7, 11) is 0. The van der Waals surface area contributed by atoms with Gasteiger partial charge in [0.1, 0.15) is 0 Å². The molecule has 5 nitrogen and oxygen atoms in total. The fourth-order valence-electron chi connectivity index (χ4n) is 2.22. The molecule has 1 heterocycles. The van der Waals surface area contributed by atoms with Gasteiger partial charge in [0.2, 0.25) is 5.91 Å². The Kier molecular flexibility index (Phi) is 4.62. The van der Waals surface area contributed by atoms with E-state index in [1.165, 1.54) is 0 Å². The number of piperazine rings is 1. The molecule has 0 unspecified atom stereocenters. The molecule has 108 valence electrons. The number of carbonyl (C=O) groups excluding carboxylic acids is 2. The zero-order valence-corrected chi connectivity index (χ0v) is 12.1. The van der Waals surface area contributed by atoms with E-state index in [0.717, 1.165) is 0 Å². The molecule has 2 N–H and O–H groups in total. The predicted molar refractivity (Wildman–Crippen MR) is 77.6 cm³/mol. The number of amides is 2. The summed E-state index contributed by atoms with van der Waals surface area (Å²) >= 11 is 5.89. The number of hydrogen-bond acceptors (Lipinski definition) is 3. The van der Waals surface area contributed by atoms with Crippen molar-refractivity contribution >= 4 is 23.4 Å². The molecule has 1 atom stereocenters. The third-order valence-corrected chi connectivity index (χ3v) is 3.57. The molecule has 1 saturated heterocycles. The number of rotatable bonds is 2. The van der Waals surface area contributed by atoms with Crippen molar-refractivity contribution < 1.29 is 9.59 Å². The molecule has 1 aliphatic heterocycles. The lowest BCUT2D eigenvalue weighted by Gasteiger charge is -2.35. The molecule has 0 aromatic heterocycles. The summed E-state index contributed by atoms with van der Waals surface area (Å²) in [5.74, 6) is -0.125. The third kappa shape index (κ3) is 3.29. The normalized spacial score (nSPS) is 16.9. The average Bonchev–Trinajstić information content (AvgIpc) is 2.46. The van der Waals surface area contributed by atoms with Gasteiger partial charge in [-0.2, -0.15) is 0 Å². The minimum absolute atomic E-state index is 0.0552. The number of hydrogen-bond donors (Lipinski definition) is 1. The van der Waals surface area contributed by atoms with Crippen LogP contribution in [0.4, 0.5) is 0 Å².